The zero-order chi connectivity index (χ0) is 19.9. The van der Waals surface area contributed by atoms with Gasteiger partial charge in [-0.3, -0.25) is 9.10 Å². The lowest BCUT2D eigenvalue weighted by Gasteiger charge is -2.24. The molecule has 0 aliphatic carbocycles. The van der Waals surface area contributed by atoms with Gasteiger partial charge in [0.1, 0.15) is 0 Å². The van der Waals surface area contributed by atoms with Gasteiger partial charge in [0, 0.05) is 19.5 Å². The Kier molecular flexibility index (Phi) is 7.42. The van der Waals surface area contributed by atoms with E-state index in [1.54, 1.807) is 6.07 Å². The number of nitrogens with zero attached hydrogens (tertiary/aromatic N) is 1. The van der Waals surface area contributed by atoms with Gasteiger partial charge >= 0.3 is 0 Å². The van der Waals surface area contributed by atoms with Crippen LogP contribution in [0.5, 0.6) is 0 Å². The van der Waals surface area contributed by atoms with E-state index in [1.165, 1.54) is 16.1 Å². The molecule has 0 saturated heterocycles. The Balaban J connectivity index is 1.86. The summed E-state index contributed by atoms with van der Waals surface area (Å²) >= 11 is 0. The maximum atomic E-state index is 12.2. The fourth-order valence-electron chi connectivity index (χ4n) is 2.95. The summed E-state index contributed by atoms with van der Waals surface area (Å²) in [6.07, 6.45) is 1.95. The van der Waals surface area contributed by atoms with Gasteiger partial charge in [-0.05, 0) is 36.5 Å². The van der Waals surface area contributed by atoms with Crippen molar-refractivity contribution >= 4 is 21.6 Å². The molecule has 6 heteroatoms. The number of sulfonamides is 1. The van der Waals surface area contributed by atoms with Gasteiger partial charge in [0.2, 0.25) is 15.9 Å². The number of nitrogens with one attached hydrogen (secondary N) is 1. The Bertz CT molecular complexity index is 851. The van der Waals surface area contributed by atoms with Crippen LogP contribution in [0.2, 0.25) is 0 Å². The topological polar surface area (TPSA) is 66.5 Å². The maximum absolute atomic E-state index is 12.2. The number of amides is 1. The van der Waals surface area contributed by atoms with E-state index in [9.17, 15) is 13.2 Å². The molecule has 0 aliphatic rings. The molecule has 146 valence electrons. The van der Waals surface area contributed by atoms with E-state index in [-0.39, 0.29) is 18.4 Å². The molecule has 1 amide bonds. The zero-order valence-corrected chi connectivity index (χ0v) is 17.0. The van der Waals surface area contributed by atoms with Gasteiger partial charge in [-0.1, -0.05) is 55.5 Å². The monoisotopic (exact) mass is 388 g/mol. The predicted octanol–water partition coefficient (Wildman–Crippen LogP) is 3.46. The highest BCUT2D eigenvalue weighted by atomic mass is 32.2. The van der Waals surface area contributed by atoms with E-state index in [2.05, 4.69) is 12.2 Å². The number of carbonyl (C=O) groups is 1. The van der Waals surface area contributed by atoms with Gasteiger partial charge < -0.3 is 5.32 Å². The van der Waals surface area contributed by atoms with Gasteiger partial charge in [-0.15, -0.1) is 0 Å². The summed E-state index contributed by atoms with van der Waals surface area (Å²) in [6, 6.07) is 17.4. The minimum atomic E-state index is -3.40. The van der Waals surface area contributed by atoms with E-state index in [0.29, 0.717) is 25.1 Å². The van der Waals surface area contributed by atoms with E-state index in [1.807, 2.05) is 55.5 Å². The van der Waals surface area contributed by atoms with Crippen molar-refractivity contribution in [1.29, 1.82) is 0 Å². The molecule has 1 unspecified atom stereocenters. The molecule has 0 bridgehead atoms. The Morgan fingerprint density at radius 2 is 1.70 bits per heavy atom. The van der Waals surface area contributed by atoms with Crippen LogP contribution in [-0.2, 0) is 14.8 Å². The maximum Gasteiger partial charge on any atom is 0.232 e. The molecular formula is C21H28N2O3S. The quantitative estimate of drug-likeness (QED) is 0.715. The summed E-state index contributed by atoms with van der Waals surface area (Å²) in [5.74, 6) is 0.172. The molecule has 5 nitrogen and oxygen atoms in total. The summed E-state index contributed by atoms with van der Waals surface area (Å²) < 4.78 is 25.7. The smallest absolute Gasteiger partial charge is 0.232 e. The van der Waals surface area contributed by atoms with Crippen molar-refractivity contribution in [3.8, 4) is 0 Å². The number of rotatable bonds is 9. The standard InChI is InChI=1S/C21H28N2O3S/c1-17-10-7-8-13-20(17)23(27(3,25)26)15-9-14-21(24)22-16-18(2)19-11-5-4-6-12-19/h4-8,10-13,18H,9,14-16H2,1-3H3,(H,22,24). The first-order valence-corrected chi connectivity index (χ1v) is 11.0. The molecule has 0 heterocycles. The molecule has 1 atom stereocenters. The third-order valence-electron chi connectivity index (χ3n) is 4.52. The molecule has 2 aromatic carbocycles. The van der Waals surface area contributed by atoms with Crippen molar-refractivity contribution in [3.05, 3.63) is 65.7 Å². The van der Waals surface area contributed by atoms with E-state index in [0.717, 1.165) is 5.56 Å². The molecule has 2 rings (SSSR count). The Hall–Kier alpha value is -2.34. The van der Waals surface area contributed by atoms with Crippen LogP contribution in [0.3, 0.4) is 0 Å². The van der Waals surface area contributed by atoms with Crippen LogP contribution in [0.25, 0.3) is 0 Å². The second-order valence-corrected chi connectivity index (χ2v) is 8.75. The summed E-state index contributed by atoms with van der Waals surface area (Å²) in [6.45, 7) is 4.80. The van der Waals surface area contributed by atoms with Crippen LogP contribution in [-0.4, -0.2) is 33.7 Å². The second-order valence-electron chi connectivity index (χ2n) is 6.84. The SMILES string of the molecule is Cc1ccccc1N(CCCC(=O)NCC(C)c1ccccc1)S(C)(=O)=O. The Morgan fingerprint density at radius 3 is 2.33 bits per heavy atom. The summed E-state index contributed by atoms with van der Waals surface area (Å²) in [5.41, 5.74) is 2.74. The number of hydrogen-bond acceptors (Lipinski definition) is 3. The largest absolute Gasteiger partial charge is 0.356 e. The molecule has 0 saturated carbocycles. The van der Waals surface area contributed by atoms with E-state index >= 15 is 0 Å². The number of para-hydroxylation sites is 1. The van der Waals surface area contributed by atoms with Gasteiger partial charge in [0.15, 0.2) is 0 Å². The van der Waals surface area contributed by atoms with Crippen molar-refractivity contribution in [2.45, 2.75) is 32.6 Å². The number of aryl methyl sites for hydroxylation is 1. The van der Waals surface area contributed by atoms with Crippen molar-refractivity contribution in [3.63, 3.8) is 0 Å². The number of anilines is 1. The highest BCUT2D eigenvalue weighted by Crippen LogP contribution is 2.22. The van der Waals surface area contributed by atoms with Crippen LogP contribution in [0.4, 0.5) is 5.69 Å². The zero-order valence-electron chi connectivity index (χ0n) is 16.2. The average molecular weight is 389 g/mol. The summed E-state index contributed by atoms with van der Waals surface area (Å²) in [4.78, 5) is 12.1. The lowest BCUT2D eigenvalue weighted by molar-refractivity contribution is -0.121. The first-order chi connectivity index (χ1) is 12.8. The highest BCUT2D eigenvalue weighted by Gasteiger charge is 2.19. The lowest BCUT2D eigenvalue weighted by Crippen LogP contribution is -2.33. The molecule has 0 spiro atoms. The molecule has 1 N–H and O–H groups in total. The van der Waals surface area contributed by atoms with Crippen LogP contribution in [0, 0.1) is 6.92 Å². The van der Waals surface area contributed by atoms with Crippen LogP contribution >= 0.6 is 0 Å². The predicted molar refractivity (Wildman–Crippen MR) is 110 cm³/mol. The van der Waals surface area contributed by atoms with Crippen molar-refractivity contribution < 1.29 is 13.2 Å². The Labute approximate surface area is 162 Å². The fourth-order valence-corrected chi connectivity index (χ4v) is 3.97. The highest BCUT2D eigenvalue weighted by molar-refractivity contribution is 7.92. The number of carbonyl (C=O) groups excluding carboxylic acids is 1. The van der Waals surface area contributed by atoms with Gasteiger partial charge in [-0.2, -0.15) is 0 Å². The normalized spacial score (nSPS) is 12.4. The number of hydrogen-bond donors (Lipinski definition) is 1. The fraction of sp³-hybridized carbons (Fsp3) is 0.381. The average Bonchev–Trinajstić information content (AvgIpc) is 2.64. The molecule has 27 heavy (non-hydrogen) atoms. The first-order valence-electron chi connectivity index (χ1n) is 9.14. The molecule has 0 radical (unpaired) electrons. The van der Waals surface area contributed by atoms with Crippen LogP contribution < -0.4 is 9.62 Å². The summed E-state index contributed by atoms with van der Waals surface area (Å²) in [5, 5.41) is 2.94. The molecule has 0 fully saturated rings. The minimum Gasteiger partial charge on any atom is -0.356 e. The molecule has 0 aromatic heterocycles. The van der Waals surface area contributed by atoms with E-state index < -0.39 is 10.0 Å². The van der Waals surface area contributed by atoms with Crippen molar-refractivity contribution in [2.24, 2.45) is 0 Å². The Morgan fingerprint density at radius 1 is 1.07 bits per heavy atom. The van der Waals surface area contributed by atoms with Gasteiger partial charge in [-0.25, -0.2) is 8.42 Å². The van der Waals surface area contributed by atoms with Gasteiger partial charge in [0.05, 0.1) is 11.9 Å². The lowest BCUT2D eigenvalue weighted by atomic mass is 10.0. The van der Waals surface area contributed by atoms with Gasteiger partial charge in [0.25, 0.3) is 0 Å². The minimum absolute atomic E-state index is 0.0592. The molecule has 0 aliphatic heterocycles. The van der Waals surface area contributed by atoms with Crippen molar-refractivity contribution in [2.75, 3.05) is 23.7 Å². The van der Waals surface area contributed by atoms with Crippen molar-refractivity contribution in [1.82, 2.24) is 5.32 Å². The van der Waals surface area contributed by atoms with E-state index in [4.69, 9.17) is 0 Å². The van der Waals surface area contributed by atoms with Crippen LogP contribution in [0.15, 0.2) is 54.6 Å². The molecular weight excluding hydrogens is 360 g/mol. The summed E-state index contributed by atoms with van der Waals surface area (Å²) in [7, 11) is -3.40. The van der Waals surface area contributed by atoms with Crippen LogP contribution in [0.1, 0.15) is 36.8 Å². The third kappa shape index (κ3) is 6.40. The molecule has 2 aromatic rings. The third-order valence-corrected chi connectivity index (χ3v) is 5.70. The first kappa shape index (κ1) is 21.0. The number of benzene rings is 2. The second kappa shape index (κ2) is 9.55.